The van der Waals surface area contributed by atoms with E-state index in [0.29, 0.717) is 22.2 Å². The van der Waals surface area contributed by atoms with Gasteiger partial charge in [0, 0.05) is 19.6 Å². The summed E-state index contributed by atoms with van der Waals surface area (Å²) in [6.07, 6.45) is 2.14. The van der Waals surface area contributed by atoms with Gasteiger partial charge in [-0.15, -0.1) is 0 Å². The van der Waals surface area contributed by atoms with Gasteiger partial charge in [-0.3, -0.25) is 4.90 Å². The van der Waals surface area contributed by atoms with Crippen molar-refractivity contribution >= 4 is 29.2 Å². The van der Waals surface area contributed by atoms with Crippen molar-refractivity contribution in [1.29, 1.82) is 0 Å². The molecule has 0 aromatic heterocycles. The van der Waals surface area contributed by atoms with Crippen LogP contribution >= 0.6 is 23.2 Å². The number of rotatable bonds is 6. The predicted octanol–water partition coefficient (Wildman–Crippen LogP) is 4.87. The summed E-state index contributed by atoms with van der Waals surface area (Å²) in [6, 6.07) is 12.7. The highest BCUT2D eigenvalue weighted by molar-refractivity contribution is 6.42. The van der Waals surface area contributed by atoms with Crippen LogP contribution in [0.2, 0.25) is 10.0 Å². The summed E-state index contributed by atoms with van der Waals surface area (Å²) < 4.78 is 6.01. The Hall–Kier alpha value is -1.59. The fourth-order valence-electron chi connectivity index (χ4n) is 3.14. The molecule has 4 nitrogen and oxygen atoms in total. The smallest absolute Gasteiger partial charge is 0.335 e. The second-order valence-electron chi connectivity index (χ2n) is 6.54. The molecule has 6 heteroatoms. The highest BCUT2D eigenvalue weighted by Crippen LogP contribution is 2.24. The Kier molecular flexibility index (Phi) is 6.54. The van der Waals surface area contributed by atoms with E-state index in [2.05, 4.69) is 4.90 Å². The van der Waals surface area contributed by atoms with Crippen molar-refractivity contribution < 1.29 is 14.6 Å². The number of piperidine rings is 1. The SMILES string of the molecule is O=C(O)c1cccc(CN2CCC(OCc3ccc(Cl)c(Cl)c3)CC2)c1. The van der Waals surface area contributed by atoms with Crippen LogP contribution in [0, 0.1) is 0 Å². The van der Waals surface area contributed by atoms with Gasteiger partial charge in [-0.2, -0.15) is 0 Å². The van der Waals surface area contributed by atoms with Crippen LogP contribution in [-0.2, 0) is 17.9 Å². The van der Waals surface area contributed by atoms with Crippen LogP contribution in [0.1, 0.15) is 34.3 Å². The Morgan fingerprint density at radius 1 is 1.08 bits per heavy atom. The molecule has 0 saturated carbocycles. The second-order valence-corrected chi connectivity index (χ2v) is 7.35. The normalized spacial score (nSPS) is 15.9. The first-order valence-electron chi connectivity index (χ1n) is 8.61. The van der Waals surface area contributed by atoms with Gasteiger partial charge in [0.05, 0.1) is 28.3 Å². The zero-order chi connectivity index (χ0) is 18.5. The minimum absolute atomic E-state index is 0.228. The number of likely N-dealkylation sites (tertiary alicyclic amines) is 1. The number of ether oxygens (including phenoxy) is 1. The molecule has 2 aromatic carbocycles. The number of nitrogens with zero attached hydrogens (tertiary/aromatic N) is 1. The minimum atomic E-state index is -0.888. The lowest BCUT2D eigenvalue weighted by Crippen LogP contribution is -2.36. The quantitative estimate of drug-likeness (QED) is 0.759. The van der Waals surface area contributed by atoms with E-state index in [0.717, 1.165) is 43.6 Å². The minimum Gasteiger partial charge on any atom is -0.478 e. The Bertz CT molecular complexity index is 773. The second kappa shape index (κ2) is 8.87. The fourth-order valence-corrected chi connectivity index (χ4v) is 3.46. The fraction of sp³-hybridized carbons (Fsp3) is 0.350. The first kappa shape index (κ1) is 19.2. The van der Waals surface area contributed by atoms with Gasteiger partial charge in [0.2, 0.25) is 0 Å². The zero-order valence-electron chi connectivity index (χ0n) is 14.3. The van der Waals surface area contributed by atoms with E-state index in [9.17, 15) is 4.79 Å². The van der Waals surface area contributed by atoms with Gasteiger partial charge in [-0.25, -0.2) is 4.79 Å². The molecule has 0 atom stereocenters. The largest absolute Gasteiger partial charge is 0.478 e. The third-order valence-electron chi connectivity index (χ3n) is 4.58. The van der Waals surface area contributed by atoms with Gasteiger partial charge in [0.15, 0.2) is 0 Å². The first-order valence-corrected chi connectivity index (χ1v) is 9.37. The lowest BCUT2D eigenvalue weighted by atomic mass is 10.1. The van der Waals surface area contributed by atoms with Gasteiger partial charge in [-0.1, -0.05) is 41.4 Å². The molecule has 26 heavy (non-hydrogen) atoms. The Morgan fingerprint density at radius 2 is 1.85 bits per heavy atom. The average Bonchev–Trinajstić information content (AvgIpc) is 2.64. The summed E-state index contributed by atoms with van der Waals surface area (Å²) >= 11 is 12.0. The molecule has 0 aliphatic carbocycles. The summed E-state index contributed by atoms with van der Waals surface area (Å²) in [7, 11) is 0. The molecule has 3 rings (SSSR count). The monoisotopic (exact) mass is 393 g/mol. The van der Waals surface area contributed by atoms with E-state index in [-0.39, 0.29) is 6.10 Å². The first-order chi connectivity index (χ1) is 12.5. The Morgan fingerprint density at radius 3 is 2.54 bits per heavy atom. The van der Waals surface area contributed by atoms with Crippen molar-refractivity contribution in [2.45, 2.75) is 32.1 Å². The Labute approximate surface area is 163 Å². The molecule has 0 radical (unpaired) electrons. The van der Waals surface area contributed by atoms with Crippen LogP contribution in [0.3, 0.4) is 0 Å². The van der Waals surface area contributed by atoms with Gasteiger partial charge < -0.3 is 9.84 Å². The number of carboxylic acid groups (broad SMARTS) is 1. The topological polar surface area (TPSA) is 49.8 Å². The van der Waals surface area contributed by atoms with Crippen molar-refractivity contribution in [2.24, 2.45) is 0 Å². The summed E-state index contributed by atoms with van der Waals surface area (Å²) in [5, 5.41) is 10.2. The van der Waals surface area contributed by atoms with E-state index < -0.39 is 5.97 Å². The number of carboxylic acids is 1. The van der Waals surface area contributed by atoms with Crippen LogP contribution in [0.25, 0.3) is 0 Å². The van der Waals surface area contributed by atoms with Crippen LogP contribution in [-0.4, -0.2) is 35.2 Å². The maximum absolute atomic E-state index is 11.1. The highest BCUT2D eigenvalue weighted by atomic mass is 35.5. The van der Waals surface area contributed by atoms with Crippen molar-refractivity contribution in [3.8, 4) is 0 Å². The highest BCUT2D eigenvalue weighted by Gasteiger charge is 2.20. The molecule has 1 heterocycles. The van der Waals surface area contributed by atoms with E-state index in [1.165, 1.54) is 0 Å². The van der Waals surface area contributed by atoms with E-state index >= 15 is 0 Å². The number of hydrogen-bond acceptors (Lipinski definition) is 3. The van der Waals surface area contributed by atoms with E-state index in [1.807, 2.05) is 18.2 Å². The van der Waals surface area contributed by atoms with Gasteiger partial charge >= 0.3 is 5.97 Å². The van der Waals surface area contributed by atoms with Crippen LogP contribution in [0.4, 0.5) is 0 Å². The van der Waals surface area contributed by atoms with Gasteiger partial charge in [0.25, 0.3) is 0 Å². The third kappa shape index (κ3) is 5.21. The molecule has 1 fully saturated rings. The molecule has 1 saturated heterocycles. The van der Waals surface area contributed by atoms with Gasteiger partial charge in [0.1, 0.15) is 0 Å². The van der Waals surface area contributed by atoms with Crippen LogP contribution < -0.4 is 0 Å². The molecule has 0 unspecified atom stereocenters. The molecule has 138 valence electrons. The van der Waals surface area contributed by atoms with E-state index in [4.69, 9.17) is 33.0 Å². The molecule has 1 N–H and O–H groups in total. The maximum Gasteiger partial charge on any atom is 0.335 e. The molecule has 0 spiro atoms. The molecular weight excluding hydrogens is 373 g/mol. The standard InChI is InChI=1S/C20H21Cl2NO3/c21-18-5-4-15(11-19(18)22)13-26-17-6-8-23(9-7-17)12-14-2-1-3-16(10-14)20(24)25/h1-5,10-11,17H,6-9,12-13H2,(H,24,25). The zero-order valence-corrected chi connectivity index (χ0v) is 15.8. The number of hydrogen-bond donors (Lipinski definition) is 1. The Balaban J connectivity index is 1.46. The molecule has 1 aliphatic rings. The van der Waals surface area contributed by atoms with Crippen molar-refractivity contribution in [3.05, 3.63) is 69.2 Å². The van der Waals surface area contributed by atoms with Crippen molar-refractivity contribution in [1.82, 2.24) is 4.90 Å². The number of halogens is 2. The number of aromatic carboxylic acids is 1. The molecule has 1 aliphatic heterocycles. The summed E-state index contributed by atoms with van der Waals surface area (Å²) in [4.78, 5) is 13.4. The predicted molar refractivity (Wildman–Crippen MR) is 103 cm³/mol. The average molecular weight is 394 g/mol. The van der Waals surface area contributed by atoms with Crippen molar-refractivity contribution in [3.63, 3.8) is 0 Å². The molecule has 0 bridgehead atoms. The molecule has 0 amide bonds. The summed E-state index contributed by atoms with van der Waals surface area (Å²) in [6.45, 7) is 3.16. The molecule has 2 aromatic rings. The van der Waals surface area contributed by atoms with Gasteiger partial charge in [-0.05, 0) is 48.2 Å². The number of benzene rings is 2. The maximum atomic E-state index is 11.1. The van der Waals surface area contributed by atoms with Crippen molar-refractivity contribution in [2.75, 3.05) is 13.1 Å². The molecular formula is C20H21Cl2NO3. The summed E-state index contributed by atoms with van der Waals surface area (Å²) in [5.41, 5.74) is 2.38. The lowest BCUT2D eigenvalue weighted by Gasteiger charge is -2.32. The summed E-state index contributed by atoms with van der Waals surface area (Å²) in [5.74, 6) is -0.888. The van der Waals surface area contributed by atoms with Crippen LogP contribution in [0.5, 0.6) is 0 Å². The number of carbonyl (C=O) groups is 1. The van der Waals surface area contributed by atoms with Crippen LogP contribution in [0.15, 0.2) is 42.5 Å². The lowest BCUT2D eigenvalue weighted by molar-refractivity contribution is -0.00393. The van der Waals surface area contributed by atoms with E-state index in [1.54, 1.807) is 24.3 Å². The third-order valence-corrected chi connectivity index (χ3v) is 5.32.